The molecule has 0 saturated carbocycles. The van der Waals surface area contributed by atoms with Gasteiger partial charge >= 0.3 is 34.1 Å². The molecule has 4 bridgehead atoms. The van der Waals surface area contributed by atoms with Crippen molar-refractivity contribution in [1.82, 2.24) is 25.3 Å². The Morgan fingerprint density at radius 1 is 0.784 bits per heavy atom. The van der Waals surface area contributed by atoms with Crippen LogP contribution in [0.2, 0.25) is 0 Å². The summed E-state index contributed by atoms with van der Waals surface area (Å²) in [6.07, 6.45) is 9.40. The maximum absolute atomic E-state index is 9.43. The smallest absolute Gasteiger partial charge is 0.753 e. The van der Waals surface area contributed by atoms with E-state index in [1.54, 1.807) is 39.0 Å². The van der Waals surface area contributed by atoms with Crippen LogP contribution in [0.4, 0.5) is 0 Å². The fourth-order valence-corrected chi connectivity index (χ4v) is 2.04. The van der Waals surface area contributed by atoms with Crippen molar-refractivity contribution in [2.24, 2.45) is 20.0 Å². The van der Waals surface area contributed by atoms with E-state index in [-0.39, 0.29) is 34.1 Å². The number of hydrogen-bond donors (Lipinski definition) is 0. The Balaban J connectivity index is -0.000000762. The molecule has 3 heterocycles. The van der Waals surface area contributed by atoms with E-state index in [4.69, 9.17) is 10.8 Å². The molecule has 0 saturated heterocycles. The quantitative estimate of drug-likeness (QED) is 0.198. The van der Waals surface area contributed by atoms with Crippen LogP contribution in [0.15, 0.2) is 32.1 Å². The summed E-state index contributed by atoms with van der Waals surface area (Å²) in [5.74, 6) is 0. The van der Waals surface area contributed by atoms with Crippen LogP contribution in [0.5, 0.6) is 0 Å². The Kier molecular flexibility index (Phi) is 29.1. The monoisotopic (exact) mass is 637 g/mol. The van der Waals surface area contributed by atoms with Gasteiger partial charge in [-0.1, -0.05) is 24.4 Å². The normalized spacial score (nSPS) is 11.9. The van der Waals surface area contributed by atoms with Gasteiger partial charge in [0, 0.05) is 65.1 Å². The molecule has 0 fully saturated rings. The molecule has 0 atom stereocenters. The number of aliphatic imine (C=N–C) groups is 4. The summed E-state index contributed by atoms with van der Waals surface area (Å²) < 4.78 is 0. The Morgan fingerprint density at radius 2 is 1.08 bits per heavy atom. The molecule has 2 radical (unpaired) electrons. The number of aromatic nitrogens is 4. The zero-order valence-corrected chi connectivity index (χ0v) is 23.5. The van der Waals surface area contributed by atoms with Crippen molar-refractivity contribution in [2.75, 3.05) is 40.3 Å². The minimum absolute atomic E-state index is 0. The van der Waals surface area contributed by atoms with Crippen LogP contribution in [-0.4, -0.2) is 97.0 Å². The Hall–Kier alpha value is -2.79. The third kappa shape index (κ3) is 23.4. The van der Waals surface area contributed by atoms with Gasteiger partial charge in [0.2, 0.25) is 6.41 Å². The topological polar surface area (TPSA) is 168 Å². The van der Waals surface area contributed by atoms with Crippen LogP contribution >= 0.6 is 24.4 Å². The first-order chi connectivity index (χ1) is 17.0. The number of carbonyl (C=O) groups is 1. The molecular formula is C21H25Cu2N11OS2. The maximum Gasteiger partial charge on any atom is 2.00 e. The Morgan fingerprint density at radius 3 is 1.38 bits per heavy atom. The number of amides is 1. The van der Waals surface area contributed by atoms with E-state index >= 15 is 0 Å². The van der Waals surface area contributed by atoms with Crippen LogP contribution in [-0.2, 0) is 38.9 Å². The number of rotatable bonds is 1. The Labute approximate surface area is 248 Å². The predicted octanol–water partition coefficient (Wildman–Crippen LogP) is 1.58. The zero-order chi connectivity index (χ0) is 26.2. The molecule has 0 aromatic carbocycles. The van der Waals surface area contributed by atoms with E-state index in [2.05, 4.69) is 64.8 Å². The number of fused-ring (bicyclic) bond motifs is 4. The van der Waals surface area contributed by atoms with Gasteiger partial charge in [0.25, 0.3) is 0 Å². The molecule has 1 aliphatic rings. The fourth-order valence-electron chi connectivity index (χ4n) is 2.04. The first-order valence-electron chi connectivity index (χ1n) is 10.1. The van der Waals surface area contributed by atoms with Gasteiger partial charge in [0.05, 0.1) is 11.4 Å². The van der Waals surface area contributed by atoms with Crippen molar-refractivity contribution in [3.8, 4) is 0 Å². The van der Waals surface area contributed by atoms with Gasteiger partial charge in [0.15, 0.2) is 0 Å². The van der Waals surface area contributed by atoms with Crippen LogP contribution in [0.1, 0.15) is 35.6 Å². The van der Waals surface area contributed by atoms with Crippen LogP contribution < -0.4 is 10.2 Å². The summed E-state index contributed by atoms with van der Waals surface area (Å²) in [6.45, 7) is 2.77. The van der Waals surface area contributed by atoms with E-state index in [9.17, 15) is 4.79 Å². The van der Waals surface area contributed by atoms with Crippen molar-refractivity contribution < 1.29 is 38.9 Å². The number of thiocarbonyl (C=S) groups is 2. The Bertz CT molecular complexity index is 904. The largest absolute Gasteiger partial charge is 2.00 e. The summed E-state index contributed by atoms with van der Waals surface area (Å²) in [7, 11) is 3.38. The number of carbonyl (C=O) groups excluding carboxylic acids is 1. The van der Waals surface area contributed by atoms with Crippen LogP contribution in [0, 0.1) is 0 Å². The second-order valence-corrected chi connectivity index (χ2v) is 6.85. The molecule has 12 nitrogen and oxygen atoms in total. The summed E-state index contributed by atoms with van der Waals surface area (Å²) >= 11 is 7.40. The third-order valence-corrected chi connectivity index (χ3v) is 3.41. The molecule has 1 aliphatic heterocycles. The first kappa shape index (κ1) is 38.7. The number of isothiocyanates is 2. The molecule has 2 aromatic rings. The number of nitrogens with zero attached hydrogens (tertiary/aromatic N) is 11. The minimum Gasteiger partial charge on any atom is -0.753 e. The summed E-state index contributed by atoms with van der Waals surface area (Å²) in [5, 5.41) is 33.1. The minimum atomic E-state index is 0. The van der Waals surface area contributed by atoms with Crippen LogP contribution in [0.3, 0.4) is 0 Å². The molecule has 0 spiro atoms. The molecule has 0 unspecified atom stereocenters. The van der Waals surface area contributed by atoms with E-state index in [0.29, 0.717) is 26.2 Å². The van der Waals surface area contributed by atoms with Crippen molar-refractivity contribution in [1.29, 1.82) is 0 Å². The van der Waals surface area contributed by atoms with Gasteiger partial charge in [-0.25, -0.2) is 0 Å². The fraction of sp³-hybridized carbons (Fsp3) is 0.381. The van der Waals surface area contributed by atoms with Crippen molar-refractivity contribution in [3.05, 3.63) is 45.7 Å². The van der Waals surface area contributed by atoms with E-state index in [1.165, 1.54) is 15.2 Å². The van der Waals surface area contributed by atoms with Crippen molar-refractivity contribution in [3.63, 3.8) is 0 Å². The van der Waals surface area contributed by atoms with Gasteiger partial charge < -0.3 is 36.1 Å². The summed E-state index contributed by atoms with van der Waals surface area (Å²) in [4.78, 5) is 28.2. The second-order valence-electron chi connectivity index (χ2n) is 6.49. The SMILES string of the molecule is C1=NCCCN=Cc2cc([n-]n2)C=NCCCN=Cc2cc1n[n-]2.CN(C)C=O.[Cu+2].[Cu+2].[N-]=C=S.[N-]=C=S. The van der Waals surface area contributed by atoms with Crippen molar-refractivity contribution >= 4 is 66.0 Å². The van der Waals surface area contributed by atoms with E-state index < -0.39 is 0 Å². The zero-order valence-electron chi connectivity index (χ0n) is 20.0. The second kappa shape index (κ2) is 27.8. The maximum atomic E-state index is 9.43. The van der Waals surface area contributed by atoms with Crippen molar-refractivity contribution in [2.45, 2.75) is 12.8 Å². The third-order valence-electron chi connectivity index (χ3n) is 3.41. The first-order valence-corrected chi connectivity index (χ1v) is 11.0. The molecule has 2 aromatic heterocycles. The van der Waals surface area contributed by atoms with E-state index in [1.807, 2.05) is 12.1 Å². The molecule has 1 amide bonds. The number of hydrogen-bond acceptors (Lipinski definition) is 9. The van der Waals surface area contributed by atoms with Crippen LogP contribution in [0.25, 0.3) is 10.8 Å². The average Bonchev–Trinajstić information content (AvgIpc) is 3.48. The molecule has 0 aliphatic carbocycles. The van der Waals surface area contributed by atoms with Gasteiger partial charge in [-0.3, -0.25) is 24.8 Å². The molecule has 0 N–H and O–H groups in total. The predicted molar refractivity (Wildman–Crippen MR) is 146 cm³/mol. The molecular weight excluding hydrogens is 614 g/mol. The van der Waals surface area contributed by atoms with Gasteiger partial charge in [-0.05, 0) is 25.0 Å². The summed E-state index contributed by atoms with van der Waals surface area (Å²) in [5.41, 5.74) is 2.99. The molecule has 204 valence electrons. The average molecular weight is 639 g/mol. The van der Waals surface area contributed by atoms with E-state index in [0.717, 1.165) is 42.0 Å². The molecule has 37 heavy (non-hydrogen) atoms. The van der Waals surface area contributed by atoms with Gasteiger partial charge in [-0.2, -0.15) is 10.3 Å². The standard InChI is InChI=1S/C16H18N8.C3H7NO.2CNS.2Cu/c1-3-17-9-13-7-15(23-21-13)11-19-5-2-6-20-12-16-8-14(22-24-16)10-18-4-1;1-4(2)3-5;2*2-1-3;;/h7-12H,1-6H2;3H,1-2H3;;;;/q-2;;2*-1;2*+2. The van der Waals surface area contributed by atoms with Gasteiger partial charge in [-0.15, -0.1) is 11.4 Å². The molecule has 16 heteroatoms. The van der Waals surface area contributed by atoms with Gasteiger partial charge in [0.1, 0.15) is 0 Å². The molecule has 3 rings (SSSR count). The summed E-state index contributed by atoms with van der Waals surface area (Å²) in [6, 6.07) is 3.73.